The lowest BCUT2D eigenvalue weighted by Gasteiger charge is -2.19. The first-order chi connectivity index (χ1) is 17.7. The Morgan fingerprint density at radius 2 is 2.00 bits per heavy atom. The number of ether oxygens (including phenoxy) is 1. The van der Waals surface area contributed by atoms with E-state index in [1.54, 1.807) is 18.5 Å². The second kappa shape index (κ2) is 9.81. The Balaban J connectivity index is 1.38. The highest BCUT2D eigenvalue weighted by Gasteiger charge is 2.15. The van der Waals surface area contributed by atoms with Crippen LogP contribution in [-0.4, -0.2) is 43.0 Å². The third-order valence-corrected chi connectivity index (χ3v) is 5.82. The lowest BCUT2D eigenvalue weighted by atomic mass is 10.0. The van der Waals surface area contributed by atoms with Gasteiger partial charge in [0.25, 0.3) is 0 Å². The molecule has 37 heavy (non-hydrogen) atoms. The third-order valence-electron chi connectivity index (χ3n) is 5.82. The molecule has 0 aliphatic heterocycles. The number of aromatic nitrogens is 5. The molecule has 0 atom stereocenters. The summed E-state index contributed by atoms with van der Waals surface area (Å²) in [6.07, 6.45) is 5.88. The van der Waals surface area contributed by atoms with E-state index in [2.05, 4.69) is 71.9 Å². The van der Waals surface area contributed by atoms with Crippen molar-refractivity contribution in [2.75, 3.05) is 17.6 Å². The van der Waals surface area contributed by atoms with Crippen LogP contribution in [0.3, 0.4) is 0 Å². The van der Waals surface area contributed by atoms with Crippen LogP contribution in [0.4, 0.5) is 22.2 Å². The molecular formula is C27H30N8O2. The van der Waals surface area contributed by atoms with Crippen molar-refractivity contribution in [3.05, 3.63) is 61.1 Å². The average Bonchev–Trinajstić information content (AvgIpc) is 3.47. The average molecular weight is 499 g/mol. The predicted molar refractivity (Wildman–Crippen MR) is 146 cm³/mol. The van der Waals surface area contributed by atoms with E-state index in [-0.39, 0.29) is 5.95 Å². The van der Waals surface area contributed by atoms with E-state index in [0.717, 1.165) is 51.6 Å². The number of alkyl carbamates (subject to hydrolysis) is 1. The summed E-state index contributed by atoms with van der Waals surface area (Å²) in [5.41, 5.74) is 10.2. The smallest absolute Gasteiger partial charge is 0.407 e. The standard InChI is InChI=1S/C27H30N8O2/c1-27(2,3)37-26(36)30-9-4-11-35-12-8-17-5-6-18(14-22(17)35)21-15-20(13-19-16-31-34-24(19)21)32-23-7-10-29-25(28)33-23/h5-8,10,12-16H,4,9,11H2,1-3H3,(H,30,36)(H,31,34)(H3,28,29,32,33). The molecule has 0 bridgehead atoms. The van der Waals surface area contributed by atoms with Crippen molar-refractivity contribution in [2.24, 2.45) is 0 Å². The van der Waals surface area contributed by atoms with Gasteiger partial charge in [-0.05, 0) is 68.5 Å². The molecule has 10 nitrogen and oxygen atoms in total. The molecule has 10 heteroatoms. The van der Waals surface area contributed by atoms with Crippen LogP contribution in [-0.2, 0) is 11.3 Å². The normalized spacial score (nSPS) is 11.6. The second-order valence-electron chi connectivity index (χ2n) is 9.85. The van der Waals surface area contributed by atoms with Crippen LogP contribution in [0.2, 0.25) is 0 Å². The van der Waals surface area contributed by atoms with Crippen LogP contribution in [0.15, 0.2) is 61.1 Å². The molecule has 1 amide bonds. The third kappa shape index (κ3) is 5.64. The number of benzene rings is 2. The largest absolute Gasteiger partial charge is 0.444 e. The van der Waals surface area contributed by atoms with Crippen molar-refractivity contribution >= 4 is 45.4 Å². The van der Waals surface area contributed by atoms with E-state index in [0.29, 0.717) is 12.4 Å². The first-order valence-corrected chi connectivity index (χ1v) is 12.1. The van der Waals surface area contributed by atoms with Gasteiger partial charge < -0.3 is 25.7 Å². The number of fused-ring (bicyclic) bond motifs is 2. The minimum atomic E-state index is -0.508. The fraction of sp³-hybridized carbons (Fsp3) is 0.259. The van der Waals surface area contributed by atoms with E-state index < -0.39 is 11.7 Å². The summed E-state index contributed by atoms with van der Waals surface area (Å²) < 4.78 is 7.51. The fourth-order valence-corrected chi connectivity index (χ4v) is 4.25. The highest BCUT2D eigenvalue weighted by atomic mass is 16.6. The van der Waals surface area contributed by atoms with Gasteiger partial charge in [0, 0.05) is 47.6 Å². The molecule has 0 aliphatic rings. The van der Waals surface area contributed by atoms with Gasteiger partial charge in [-0.25, -0.2) is 9.78 Å². The van der Waals surface area contributed by atoms with Gasteiger partial charge in [-0.2, -0.15) is 10.1 Å². The predicted octanol–water partition coefficient (Wildman–Crippen LogP) is 5.22. The number of nitrogens with two attached hydrogens (primary N) is 1. The number of aromatic amines is 1. The lowest BCUT2D eigenvalue weighted by Crippen LogP contribution is -2.33. The lowest BCUT2D eigenvalue weighted by molar-refractivity contribution is 0.0526. The van der Waals surface area contributed by atoms with E-state index in [1.807, 2.05) is 26.8 Å². The number of nitrogens with one attached hydrogen (secondary N) is 3. The summed E-state index contributed by atoms with van der Waals surface area (Å²) in [4.78, 5) is 20.1. The maximum absolute atomic E-state index is 11.9. The molecule has 0 saturated heterocycles. The Hall–Kier alpha value is -4.60. The number of hydrogen-bond acceptors (Lipinski definition) is 7. The Bertz CT molecular complexity index is 1560. The van der Waals surface area contributed by atoms with E-state index in [9.17, 15) is 4.79 Å². The summed E-state index contributed by atoms with van der Waals surface area (Å²) in [6.45, 7) is 6.85. The van der Waals surface area contributed by atoms with Crippen molar-refractivity contribution < 1.29 is 9.53 Å². The summed E-state index contributed by atoms with van der Waals surface area (Å²) in [6, 6.07) is 14.4. The highest BCUT2D eigenvalue weighted by molar-refractivity contribution is 5.98. The molecule has 5 N–H and O–H groups in total. The van der Waals surface area contributed by atoms with Crippen LogP contribution >= 0.6 is 0 Å². The van der Waals surface area contributed by atoms with Gasteiger partial charge in [0.15, 0.2) is 0 Å². The molecule has 3 heterocycles. The maximum atomic E-state index is 11.9. The number of rotatable bonds is 7. The van der Waals surface area contributed by atoms with E-state index >= 15 is 0 Å². The van der Waals surface area contributed by atoms with Crippen molar-refractivity contribution in [3.8, 4) is 11.1 Å². The van der Waals surface area contributed by atoms with E-state index in [4.69, 9.17) is 10.5 Å². The zero-order valence-electron chi connectivity index (χ0n) is 21.1. The van der Waals surface area contributed by atoms with Gasteiger partial charge in [0.05, 0.1) is 11.7 Å². The van der Waals surface area contributed by atoms with Crippen molar-refractivity contribution in [3.63, 3.8) is 0 Å². The Morgan fingerprint density at radius 1 is 1.14 bits per heavy atom. The number of carbonyl (C=O) groups is 1. The molecule has 5 rings (SSSR count). The number of amides is 1. The Kier molecular flexibility index (Phi) is 6.39. The van der Waals surface area contributed by atoms with Crippen LogP contribution in [0.25, 0.3) is 32.9 Å². The highest BCUT2D eigenvalue weighted by Crippen LogP contribution is 2.33. The van der Waals surface area contributed by atoms with Crippen LogP contribution in [0, 0.1) is 0 Å². The number of nitrogens with zero attached hydrogens (tertiary/aromatic N) is 4. The SMILES string of the molecule is CC(C)(C)OC(=O)NCCCn1ccc2ccc(-c3cc(Nc4ccnc(N)n4)cc4cn[nH]c34)cc21. The fourth-order valence-electron chi connectivity index (χ4n) is 4.25. The molecule has 3 aromatic heterocycles. The Morgan fingerprint density at radius 3 is 2.81 bits per heavy atom. The van der Waals surface area contributed by atoms with Gasteiger partial charge in [0.1, 0.15) is 11.4 Å². The van der Waals surface area contributed by atoms with Gasteiger partial charge in [0.2, 0.25) is 5.95 Å². The van der Waals surface area contributed by atoms with Crippen molar-refractivity contribution in [2.45, 2.75) is 39.3 Å². The molecule has 0 spiro atoms. The number of aryl methyl sites for hydroxylation is 1. The molecule has 0 aliphatic carbocycles. The second-order valence-corrected chi connectivity index (χ2v) is 9.85. The van der Waals surface area contributed by atoms with E-state index in [1.165, 1.54) is 0 Å². The van der Waals surface area contributed by atoms with Crippen molar-refractivity contribution in [1.29, 1.82) is 0 Å². The number of nitrogen functional groups attached to an aromatic ring is 1. The summed E-state index contributed by atoms with van der Waals surface area (Å²) in [5.74, 6) is 0.827. The van der Waals surface area contributed by atoms with Crippen LogP contribution in [0.5, 0.6) is 0 Å². The first-order valence-electron chi connectivity index (χ1n) is 12.1. The van der Waals surface area contributed by atoms with Gasteiger partial charge in [-0.3, -0.25) is 5.10 Å². The molecule has 5 aromatic rings. The number of anilines is 3. The summed E-state index contributed by atoms with van der Waals surface area (Å²) in [7, 11) is 0. The van der Waals surface area contributed by atoms with Gasteiger partial charge in [-0.1, -0.05) is 12.1 Å². The van der Waals surface area contributed by atoms with Crippen LogP contribution < -0.4 is 16.4 Å². The molecule has 0 saturated carbocycles. The zero-order valence-corrected chi connectivity index (χ0v) is 21.1. The number of carbonyl (C=O) groups excluding carboxylic acids is 1. The monoisotopic (exact) mass is 498 g/mol. The summed E-state index contributed by atoms with van der Waals surface area (Å²) in [5, 5.41) is 15.7. The minimum absolute atomic E-state index is 0.210. The molecule has 0 radical (unpaired) electrons. The maximum Gasteiger partial charge on any atom is 0.407 e. The quantitative estimate of drug-likeness (QED) is 0.226. The minimum Gasteiger partial charge on any atom is -0.444 e. The van der Waals surface area contributed by atoms with Gasteiger partial charge in [-0.15, -0.1) is 0 Å². The number of hydrogen-bond donors (Lipinski definition) is 4. The molecule has 0 fully saturated rings. The molecule has 0 unspecified atom stereocenters. The Labute approximate surface area is 214 Å². The first kappa shape index (κ1) is 24.1. The topological polar surface area (TPSA) is 136 Å². The van der Waals surface area contributed by atoms with Crippen molar-refractivity contribution in [1.82, 2.24) is 30.0 Å². The summed E-state index contributed by atoms with van der Waals surface area (Å²) >= 11 is 0. The molecule has 2 aromatic carbocycles. The van der Waals surface area contributed by atoms with Crippen LogP contribution in [0.1, 0.15) is 27.2 Å². The molecular weight excluding hydrogens is 468 g/mol. The zero-order chi connectivity index (χ0) is 26.0. The van der Waals surface area contributed by atoms with Gasteiger partial charge >= 0.3 is 6.09 Å². The molecule has 190 valence electrons. The number of H-pyrrole nitrogens is 1.